The summed E-state index contributed by atoms with van der Waals surface area (Å²) in [6.07, 6.45) is 2.51. The molecule has 114 valence electrons. The van der Waals surface area contributed by atoms with Crippen LogP contribution in [0.1, 0.15) is 54.4 Å². The summed E-state index contributed by atoms with van der Waals surface area (Å²) >= 11 is 0. The predicted molar refractivity (Wildman–Crippen MR) is 77.9 cm³/mol. The van der Waals surface area contributed by atoms with Crippen LogP contribution in [0.15, 0.2) is 0 Å². The minimum absolute atomic E-state index is 0.274. The molecule has 0 unspecified atom stereocenters. The van der Waals surface area contributed by atoms with Gasteiger partial charge in [-0.15, -0.1) is 0 Å². The molecular weight excluding hydrogens is 240 g/mol. The first-order chi connectivity index (χ1) is 8.75. The summed E-state index contributed by atoms with van der Waals surface area (Å²) in [5, 5.41) is 9.14. The summed E-state index contributed by atoms with van der Waals surface area (Å²) in [5.41, 5.74) is 0. The first-order valence-electron chi connectivity index (χ1n) is 7.67. The summed E-state index contributed by atoms with van der Waals surface area (Å²) in [7, 11) is 0. The van der Waals surface area contributed by atoms with E-state index >= 15 is 0 Å². The average molecular weight is 272 g/mol. The third-order valence-corrected chi connectivity index (χ3v) is 4.13. The second-order valence-electron chi connectivity index (χ2n) is 7.11. The fourth-order valence-electron chi connectivity index (χ4n) is 3.21. The molecule has 1 heterocycles. The van der Waals surface area contributed by atoms with Crippen LogP contribution in [0.4, 0.5) is 0 Å². The summed E-state index contributed by atoms with van der Waals surface area (Å²) in [6, 6.07) is 0. The van der Waals surface area contributed by atoms with E-state index < -0.39 is 5.79 Å². The molecular formula is C16H32O3. The third-order valence-electron chi connectivity index (χ3n) is 4.13. The lowest BCUT2D eigenvalue weighted by Gasteiger charge is -2.43. The lowest BCUT2D eigenvalue weighted by Crippen LogP contribution is -2.47. The molecule has 0 aromatic heterocycles. The van der Waals surface area contributed by atoms with Crippen LogP contribution in [-0.2, 0) is 9.47 Å². The average Bonchev–Trinajstić information content (AvgIpc) is 2.31. The van der Waals surface area contributed by atoms with Crippen molar-refractivity contribution in [2.75, 3.05) is 13.2 Å². The van der Waals surface area contributed by atoms with E-state index in [0.29, 0.717) is 23.7 Å². The van der Waals surface area contributed by atoms with Crippen molar-refractivity contribution in [2.45, 2.75) is 66.3 Å². The lowest BCUT2D eigenvalue weighted by molar-refractivity contribution is -0.300. The van der Waals surface area contributed by atoms with Crippen molar-refractivity contribution in [3.05, 3.63) is 0 Å². The van der Waals surface area contributed by atoms with Crippen molar-refractivity contribution in [3.8, 4) is 0 Å². The van der Waals surface area contributed by atoms with Crippen LogP contribution in [0.3, 0.4) is 0 Å². The summed E-state index contributed by atoms with van der Waals surface area (Å²) < 4.78 is 11.8. The van der Waals surface area contributed by atoms with E-state index in [9.17, 15) is 0 Å². The van der Waals surface area contributed by atoms with E-state index in [4.69, 9.17) is 14.6 Å². The largest absolute Gasteiger partial charge is 0.396 e. The maximum Gasteiger partial charge on any atom is 0.163 e. The molecule has 1 aliphatic rings. The van der Waals surface area contributed by atoms with E-state index in [-0.39, 0.29) is 12.7 Å². The molecule has 0 aromatic carbocycles. The van der Waals surface area contributed by atoms with Crippen LogP contribution in [0, 0.1) is 23.7 Å². The van der Waals surface area contributed by atoms with E-state index in [1.807, 2.05) is 13.8 Å². The van der Waals surface area contributed by atoms with E-state index in [2.05, 4.69) is 27.7 Å². The number of rotatable bonds is 6. The topological polar surface area (TPSA) is 38.7 Å². The molecule has 1 N–H and O–H groups in total. The highest BCUT2D eigenvalue weighted by atomic mass is 16.7. The Bertz CT molecular complexity index is 265. The fraction of sp³-hybridized carbons (Fsp3) is 1.00. The molecule has 0 aromatic rings. The van der Waals surface area contributed by atoms with Crippen LogP contribution in [0.25, 0.3) is 0 Å². The van der Waals surface area contributed by atoms with E-state index in [1.54, 1.807) is 0 Å². The molecule has 0 amide bonds. The minimum atomic E-state index is -0.451. The Morgan fingerprint density at radius 2 is 1.79 bits per heavy atom. The molecule has 1 fully saturated rings. The zero-order valence-electron chi connectivity index (χ0n) is 13.5. The van der Waals surface area contributed by atoms with Crippen molar-refractivity contribution < 1.29 is 14.6 Å². The minimum Gasteiger partial charge on any atom is -0.396 e. The zero-order chi connectivity index (χ0) is 14.6. The zero-order valence-corrected chi connectivity index (χ0v) is 13.5. The van der Waals surface area contributed by atoms with Crippen molar-refractivity contribution >= 4 is 0 Å². The number of hydrogen-bond donors (Lipinski definition) is 1. The number of hydrogen-bond acceptors (Lipinski definition) is 3. The molecule has 3 heteroatoms. The molecule has 5 atom stereocenters. The number of ether oxygens (including phenoxy) is 2. The second kappa shape index (κ2) is 7.05. The van der Waals surface area contributed by atoms with Crippen LogP contribution in [-0.4, -0.2) is 30.2 Å². The molecule has 1 saturated heterocycles. The Morgan fingerprint density at radius 1 is 1.16 bits per heavy atom. The van der Waals surface area contributed by atoms with Gasteiger partial charge in [0.25, 0.3) is 0 Å². The Morgan fingerprint density at radius 3 is 2.37 bits per heavy atom. The van der Waals surface area contributed by atoms with Crippen molar-refractivity contribution in [3.63, 3.8) is 0 Å². The van der Waals surface area contributed by atoms with Crippen molar-refractivity contribution in [1.82, 2.24) is 0 Å². The van der Waals surface area contributed by atoms with Gasteiger partial charge in [-0.05, 0) is 44.4 Å². The van der Waals surface area contributed by atoms with Crippen molar-refractivity contribution in [1.29, 1.82) is 0 Å². The predicted octanol–water partition coefficient (Wildman–Crippen LogP) is 3.45. The Kier molecular flexibility index (Phi) is 6.28. The molecule has 0 aliphatic carbocycles. The summed E-state index contributed by atoms with van der Waals surface area (Å²) in [6.45, 7) is 13.9. The summed E-state index contributed by atoms with van der Waals surface area (Å²) in [5.74, 6) is 1.54. The van der Waals surface area contributed by atoms with Gasteiger partial charge in [0, 0.05) is 12.5 Å². The van der Waals surface area contributed by atoms with E-state index in [0.717, 1.165) is 19.4 Å². The van der Waals surface area contributed by atoms with Crippen LogP contribution < -0.4 is 0 Å². The summed E-state index contributed by atoms with van der Waals surface area (Å²) in [4.78, 5) is 0. The first kappa shape index (κ1) is 16.9. The van der Waals surface area contributed by atoms with Gasteiger partial charge in [-0.2, -0.15) is 0 Å². The maximum atomic E-state index is 9.14. The Hall–Kier alpha value is -0.120. The smallest absolute Gasteiger partial charge is 0.163 e. The highest BCUT2D eigenvalue weighted by Crippen LogP contribution is 2.33. The van der Waals surface area contributed by atoms with Gasteiger partial charge < -0.3 is 14.6 Å². The van der Waals surface area contributed by atoms with Crippen LogP contribution >= 0.6 is 0 Å². The first-order valence-corrected chi connectivity index (χ1v) is 7.67. The fourth-order valence-corrected chi connectivity index (χ4v) is 3.21. The Balaban J connectivity index is 2.49. The molecule has 3 nitrogen and oxygen atoms in total. The standard InChI is InChI=1S/C16H32O3/c1-11(7-12(2)9-17)8-13(3)15-14(4)10-18-16(5,6)19-15/h11-15,17H,7-10H2,1-6H3/t11-,12+,13-,14-,15+/m0/s1. The SMILES string of the molecule is C[C@@H](CO)C[C@H](C)C[C@H](C)[C@H]1OC(C)(C)OC[C@@H]1C. The van der Waals surface area contributed by atoms with Gasteiger partial charge in [-0.25, -0.2) is 0 Å². The number of aliphatic hydroxyl groups excluding tert-OH is 1. The molecule has 1 rings (SSSR count). The monoisotopic (exact) mass is 272 g/mol. The lowest BCUT2D eigenvalue weighted by atomic mass is 9.83. The van der Waals surface area contributed by atoms with E-state index in [1.165, 1.54) is 0 Å². The van der Waals surface area contributed by atoms with Gasteiger partial charge in [0.1, 0.15) is 0 Å². The molecule has 0 radical (unpaired) electrons. The van der Waals surface area contributed by atoms with Crippen LogP contribution in [0.5, 0.6) is 0 Å². The highest BCUT2D eigenvalue weighted by molar-refractivity contribution is 4.80. The molecule has 19 heavy (non-hydrogen) atoms. The highest BCUT2D eigenvalue weighted by Gasteiger charge is 2.37. The number of aliphatic hydroxyl groups is 1. The molecule has 0 spiro atoms. The van der Waals surface area contributed by atoms with Gasteiger partial charge in [0.05, 0.1) is 12.7 Å². The maximum absolute atomic E-state index is 9.14. The normalized spacial score (nSPS) is 31.7. The second-order valence-corrected chi connectivity index (χ2v) is 7.11. The molecule has 0 saturated carbocycles. The molecule has 1 aliphatic heterocycles. The molecule has 0 bridgehead atoms. The van der Waals surface area contributed by atoms with Crippen molar-refractivity contribution in [2.24, 2.45) is 23.7 Å². The Labute approximate surface area is 118 Å². The third kappa shape index (κ3) is 5.41. The van der Waals surface area contributed by atoms with Gasteiger partial charge in [-0.3, -0.25) is 0 Å². The van der Waals surface area contributed by atoms with Gasteiger partial charge >= 0.3 is 0 Å². The van der Waals surface area contributed by atoms with Crippen LogP contribution in [0.2, 0.25) is 0 Å². The quantitative estimate of drug-likeness (QED) is 0.805. The van der Waals surface area contributed by atoms with Gasteiger partial charge in [0.15, 0.2) is 5.79 Å². The van der Waals surface area contributed by atoms with Gasteiger partial charge in [0.2, 0.25) is 0 Å². The van der Waals surface area contributed by atoms with Gasteiger partial charge in [-0.1, -0.05) is 27.7 Å².